The van der Waals surface area contributed by atoms with Crippen LogP contribution >= 0.6 is 0 Å². The van der Waals surface area contributed by atoms with Crippen LogP contribution in [0.1, 0.15) is 93.4 Å². The van der Waals surface area contributed by atoms with E-state index in [2.05, 4.69) is 48.5 Å². The average Bonchev–Trinajstić information content (AvgIpc) is 2.32. The molecule has 0 nitrogen and oxygen atoms in total. The summed E-state index contributed by atoms with van der Waals surface area (Å²) in [7, 11) is 0. The summed E-state index contributed by atoms with van der Waals surface area (Å²) in [5, 5.41) is 0. The van der Waals surface area contributed by atoms with E-state index in [0.717, 1.165) is 29.6 Å². The van der Waals surface area contributed by atoms with E-state index in [-0.39, 0.29) is 0 Å². The second-order valence-corrected chi connectivity index (χ2v) is 7.49. The maximum absolute atomic E-state index is 2.41. The van der Waals surface area contributed by atoms with E-state index in [9.17, 15) is 0 Å². The van der Waals surface area contributed by atoms with Gasteiger partial charge in [0.1, 0.15) is 0 Å². The Kier molecular flexibility index (Phi) is 10.7. The third-order valence-electron chi connectivity index (χ3n) is 4.65. The molecule has 0 heterocycles. The smallest absolute Gasteiger partial charge is 0.0381 e. The highest BCUT2D eigenvalue weighted by Crippen LogP contribution is 2.35. The van der Waals surface area contributed by atoms with Crippen molar-refractivity contribution < 1.29 is 0 Å². The number of hydrogen-bond acceptors (Lipinski definition) is 0. The largest absolute Gasteiger partial charge is 0.0654 e. The lowest BCUT2D eigenvalue weighted by atomic mass is 9.74. The molecule has 0 spiro atoms. The van der Waals surface area contributed by atoms with Crippen molar-refractivity contribution in [3.05, 3.63) is 0 Å². The molecule has 0 radical (unpaired) electrons. The minimum absolute atomic E-state index is 0.851. The molecule has 0 aromatic carbocycles. The summed E-state index contributed by atoms with van der Waals surface area (Å²) < 4.78 is 0. The zero-order valence-electron chi connectivity index (χ0n) is 14.8. The standard InChI is InChI=1S/C19H40/c1-8-11-17(9-2)14-18(10-3)19(12-15(4)5)13-16(6)7/h15-19H,8-14H2,1-7H3. The van der Waals surface area contributed by atoms with Gasteiger partial charge in [0.15, 0.2) is 0 Å². The van der Waals surface area contributed by atoms with E-state index in [0.29, 0.717) is 0 Å². The summed E-state index contributed by atoms with van der Waals surface area (Å²) in [6.07, 6.45) is 9.88. The first-order valence-corrected chi connectivity index (χ1v) is 8.94. The Morgan fingerprint density at radius 2 is 1.16 bits per heavy atom. The van der Waals surface area contributed by atoms with Gasteiger partial charge in [-0.2, -0.15) is 0 Å². The molecule has 0 aliphatic carbocycles. The third-order valence-corrected chi connectivity index (χ3v) is 4.65. The topological polar surface area (TPSA) is 0 Å². The van der Waals surface area contributed by atoms with Crippen LogP contribution in [-0.2, 0) is 0 Å². The molecule has 0 saturated heterocycles. The van der Waals surface area contributed by atoms with E-state index in [1.165, 1.54) is 44.9 Å². The Hall–Kier alpha value is 0. The Morgan fingerprint density at radius 3 is 1.47 bits per heavy atom. The summed E-state index contributed by atoms with van der Waals surface area (Å²) >= 11 is 0. The molecule has 2 atom stereocenters. The molecule has 0 saturated carbocycles. The Morgan fingerprint density at radius 1 is 0.632 bits per heavy atom. The average molecular weight is 269 g/mol. The Labute approximate surface area is 123 Å². The molecule has 0 aromatic rings. The van der Waals surface area contributed by atoms with Gasteiger partial charge < -0.3 is 0 Å². The van der Waals surface area contributed by atoms with Gasteiger partial charge in [0.05, 0.1) is 0 Å². The molecule has 19 heavy (non-hydrogen) atoms. The molecule has 0 fully saturated rings. The quantitative estimate of drug-likeness (QED) is 0.381. The predicted octanol–water partition coefficient (Wildman–Crippen LogP) is 6.94. The highest BCUT2D eigenvalue weighted by Gasteiger charge is 2.24. The van der Waals surface area contributed by atoms with Crippen LogP contribution in [0, 0.1) is 29.6 Å². The molecular weight excluding hydrogens is 228 g/mol. The molecule has 0 bridgehead atoms. The van der Waals surface area contributed by atoms with Crippen LogP contribution in [0.2, 0.25) is 0 Å². The van der Waals surface area contributed by atoms with Crippen molar-refractivity contribution in [1.29, 1.82) is 0 Å². The minimum atomic E-state index is 0.851. The fraction of sp³-hybridized carbons (Fsp3) is 1.00. The first-order valence-electron chi connectivity index (χ1n) is 8.94. The van der Waals surface area contributed by atoms with Gasteiger partial charge >= 0.3 is 0 Å². The first kappa shape index (κ1) is 19.0. The molecule has 0 aliphatic rings. The summed E-state index contributed by atoms with van der Waals surface area (Å²) in [5.41, 5.74) is 0. The highest BCUT2D eigenvalue weighted by molar-refractivity contribution is 4.75. The van der Waals surface area contributed by atoms with Crippen LogP contribution in [0.15, 0.2) is 0 Å². The van der Waals surface area contributed by atoms with Crippen LogP contribution in [0.5, 0.6) is 0 Å². The maximum atomic E-state index is 2.41. The van der Waals surface area contributed by atoms with E-state index in [1.807, 2.05) is 0 Å². The van der Waals surface area contributed by atoms with Gasteiger partial charge in [0.25, 0.3) is 0 Å². The van der Waals surface area contributed by atoms with Gasteiger partial charge in [-0.1, -0.05) is 74.1 Å². The summed E-state index contributed by atoms with van der Waals surface area (Å²) in [5.74, 6) is 4.59. The molecule has 0 N–H and O–H groups in total. The molecule has 0 aliphatic heterocycles. The van der Waals surface area contributed by atoms with E-state index < -0.39 is 0 Å². The lowest BCUT2D eigenvalue weighted by molar-refractivity contribution is 0.192. The van der Waals surface area contributed by atoms with Crippen LogP contribution in [-0.4, -0.2) is 0 Å². The van der Waals surface area contributed by atoms with Crippen LogP contribution in [0.25, 0.3) is 0 Å². The second kappa shape index (κ2) is 10.7. The summed E-state index contributed by atoms with van der Waals surface area (Å²) in [4.78, 5) is 0. The molecule has 2 unspecified atom stereocenters. The summed E-state index contributed by atoms with van der Waals surface area (Å²) in [6, 6.07) is 0. The van der Waals surface area contributed by atoms with Gasteiger partial charge in [0.2, 0.25) is 0 Å². The molecule has 0 amide bonds. The van der Waals surface area contributed by atoms with Crippen LogP contribution < -0.4 is 0 Å². The third kappa shape index (κ3) is 8.71. The highest BCUT2D eigenvalue weighted by atomic mass is 14.3. The van der Waals surface area contributed by atoms with E-state index in [4.69, 9.17) is 0 Å². The SMILES string of the molecule is CCCC(CC)CC(CC)C(CC(C)C)CC(C)C. The number of rotatable bonds is 11. The molecule has 0 rings (SSSR count). The van der Waals surface area contributed by atoms with Crippen molar-refractivity contribution in [2.45, 2.75) is 93.4 Å². The molecule has 0 aromatic heterocycles. The van der Waals surface area contributed by atoms with E-state index >= 15 is 0 Å². The summed E-state index contributed by atoms with van der Waals surface area (Å²) in [6.45, 7) is 16.7. The normalized spacial score (nSPS) is 15.5. The fourth-order valence-electron chi connectivity index (χ4n) is 3.71. The van der Waals surface area contributed by atoms with Gasteiger partial charge in [-0.15, -0.1) is 0 Å². The van der Waals surface area contributed by atoms with Crippen molar-refractivity contribution in [3.63, 3.8) is 0 Å². The predicted molar refractivity (Wildman–Crippen MR) is 89.5 cm³/mol. The van der Waals surface area contributed by atoms with Crippen molar-refractivity contribution >= 4 is 0 Å². The molecule has 0 heteroatoms. The van der Waals surface area contributed by atoms with E-state index in [1.54, 1.807) is 0 Å². The lowest BCUT2D eigenvalue weighted by Gasteiger charge is -2.32. The van der Waals surface area contributed by atoms with Crippen molar-refractivity contribution in [3.8, 4) is 0 Å². The fourth-order valence-corrected chi connectivity index (χ4v) is 3.71. The van der Waals surface area contributed by atoms with Crippen LogP contribution in [0.3, 0.4) is 0 Å². The van der Waals surface area contributed by atoms with Crippen molar-refractivity contribution in [2.75, 3.05) is 0 Å². The Balaban J connectivity index is 4.60. The van der Waals surface area contributed by atoms with Crippen molar-refractivity contribution in [2.24, 2.45) is 29.6 Å². The van der Waals surface area contributed by atoms with Crippen LogP contribution in [0.4, 0.5) is 0 Å². The number of hydrogen-bond donors (Lipinski definition) is 0. The van der Waals surface area contributed by atoms with Gasteiger partial charge in [-0.3, -0.25) is 0 Å². The van der Waals surface area contributed by atoms with Gasteiger partial charge in [0, 0.05) is 0 Å². The zero-order chi connectivity index (χ0) is 14.8. The maximum Gasteiger partial charge on any atom is -0.0381 e. The molecular formula is C19H40. The van der Waals surface area contributed by atoms with Gasteiger partial charge in [-0.05, 0) is 48.9 Å². The minimum Gasteiger partial charge on any atom is -0.0654 e. The monoisotopic (exact) mass is 268 g/mol. The van der Waals surface area contributed by atoms with Crippen molar-refractivity contribution in [1.82, 2.24) is 0 Å². The Bertz CT molecular complexity index is 182. The second-order valence-electron chi connectivity index (χ2n) is 7.49. The first-order chi connectivity index (χ1) is 8.94. The van der Waals surface area contributed by atoms with Gasteiger partial charge in [-0.25, -0.2) is 0 Å². The zero-order valence-corrected chi connectivity index (χ0v) is 14.8. The molecule has 116 valence electrons. The lowest BCUT2D eigenvalue weighted by Crippen LogP contribution is -2.21.